The Hall–Kier alpha value is -1.65. The molecule has 1 aliphatic carbocycles. The van der Waals surface area contributed by atoms with Crippen molar-refractivity contribution in [3.8, 4) is 5.75 Å². The lowest BCUT2D eigenvalue weighted by Crippen LogP contribution is -2.50. The Morgan fingerprint density at radius 3 is 2.57 bits per heavy atom. The number of hydrogen-bond donors (Lipinski definition) is 0. The summed E-state index contributed by atoms with van der Waals surface area (Å²) in [7, 11) is 0. The van der Waals surface area contributed by atoms with Crippen LogP contribution in [0.3, 0.4) is 0 Å². The number of fused-ring (bicyclic) bond motifs is 1. The quantitative estimate of drug-likeness (QED) is 0.838. The van der Waals surface area contributed by atoms with Crippen LogP contribution >= 0.6 is 0 Å². The fourth-order valence-electron chi connectivity index (χ4n) is 4.00. The molecule has 1 aliphatic heterocycles. The maximum Gasteiger partial charge on any atom is 0.387 e. The van der Waals surface area contributed by atoms with E-state index in [1.807, 2.05) is 0 Å². The van der Waals surface area contributed by atoms with E-state index in [0.29, 0.717) is 18.4 Å². The normalized spacial score (nSPS) is 24.4. The molecule has 0 radical (unpaired) electrons. The molecule has 126 valence electrons. The van der Waals surface area contributed by atoms with Crippen molar-refractivity contribution in [2.24, 2.45) is 5.92 Å². The van der Waals surface area contributed by atoms with Crippen molar-refractivity contribution in [3.63, 3.8) is 0 Å². The molecule has 2 atom stereocenters. The highest BCUT2D eigenvalue weighted by molar-refractivity contribution is 5.79. The molecule has 23 heavy (non-hydrogen) atoms. The first-order valence-corrected chi connectivity index (χ1v) is 8.46. The summed E-state index contributed by atoms with van der Waals surface area (Å²) in [6, 6.07) is 6.78. The van der Waals surface area contributed by atoms with Gasteiger partial charge in [-0.1, -0.05) is 25.0 Å². The van der Waals surface area contributed by atoms with E-state index in [1.165, 1.54) is 37.8 Å². The van der Waals surface area contributed by atoms with Gasteiger partial charge in [0.15, 0.2) is 0 Å². The molecule has 1 aromatic carbocycles. The fraction of sp³-hybridized carbons (Fsp3) is 0.611. The van der Waals surface area contributed by atoms with Gasteiger partial charge in [-0.25, -0.2) is 0 Å². The molecular weight excluding hydrogens is 300 g/mol. The van der Waals surface area contributed by atoms with Gasteiger partial charge in [0.2, 0.25) is 5.91 Å². The molecule has 2 aliphatic rings. The van der Waals surface area contributed by atoms with Gasteiger partial charge in [0.05, 0.1) is 6.42 Å². The fourth-order valence-corrected chi connectivity index (χ4v) is 4.00. The van der Waals surface area contributed by atoms with Gasteiger partial charge in [0, 0.05) is 12.6 Å². The van der Waals surface area contributed by atoms with E-state index in [9.17, 15) is 13.6 Å². The van der Waals surface area contributed by atoms with Gasteiger partial charge in [0.1, 0.15) is 5.75 Å². The van der Waals surface area contributed by atoms with Crippen LogP contribution in [0.15, 0.2) is 24.3 Å². The molecule has 2 fully saturated rings. The molecule has 0 N–H and O–H groups in total. The van der Waals surface area contributed by atoms with Gasteiger partial charge in [-0.15, -0.1) is 0 Å². The molecule has 1 amide bonds. The summed E-state index contributed by atoms with van der Waals surface area (Å²) < 4.78 is 28.6. The number of halogens is 2. The number of likely N-dealkylation sites (tertiary alicyclic amines) is 1. The van der Waals surface area contributed by atoms with Crippen molar-refractivity contribution in [3.05, 3.63) is 29.8 Å². The predicted molar refractivity (Wildman–Crippen MR) is 83.5 cm³/mol. The summed E-state index contributed by atoms with van der Waals surface area (Å²) in [5.41, 5.74) is 0.842. The van der Waals surface area contributed by atoms with E-state index in [4.69, 9.17) is 0 Å². The first-order chi connectivity index (χ1) is 11.1. The number of nitrogens with zero attached hydrogens (tertiary/aromatic N) is 1. The van der Waals surface area contributed by atoms with Crippen LogP contribution in [0.4, 0.5) is 8.78 Å². The largest absolute Gasteiger partial charge is 0.435 e. The second-order valence-electron chi connectivity index (χ2n) is 6.54. The molecule has 1 saturated carbocycles. The summed E-state index contributed by atoms with van der Waals surface area (Å²) >= 11 is 0. The van der Waals surface area contributed by atoms with Gasteiger partial charge in [-0.3, -0.25) is 4.79 Å². The monoisotopic (exact) mass is 323 g/mol. The minimum absolute atomic E-state index is 0.126. The number of hydrogen-bond acceptors (Lipinski definition) is 2. The van der Waals surface area contributed by atoms with Gasteiger partial charge in [0.25, 0.3) is 0 Å². The standard InChI is InChI=1S/C18H23F2NO2/c19-18(20)23-15-9-7-13(8-10-15)12-17(22)21-11-3-5-14-4-1-2-6-16(14)21/h7-10,14,16,18H,1-6,11-12H2. The summed E-state index contributed by atoms with van der Waals surface area (Å²) in [6.07, 6.45) is 7.53. The molecule has 3 rings (SSSR count). The molecule has 0 spiro atoms. The topological polar surface area (TPSA) is 29.5 Å². The summed E-state index contributed by atoms with van der Waals surface area (Å²) in [5.74, 6) is 0.953. The second-order valence-corrected chi connectivity index (χ2v) is 6.54. The molecule has 1 aromatic rings. The minimum atomic E-state index is -2.82. The number of rotatable bonds is 4. The third-order valence-electron chi connectivity index (χ3n) is 5.07. The van der Waals surface area contributed by atoms with E-state index < -0.39 is 6.61 Å². The predicted octanol–water partition coefficient (Wildman–Crippen LogP) is 4.01. The molecule has 1 saturated heterocycles. The van der Waals surface area contributed by atoms with Crippen LogP contribution in [0.1, 0.15) is 44.1 Å². The van der Waals surface area contributed by atoms with Gasteiger partial charge < -0.3 is 9.64 Å². The van der Waals surface area contributed by atoms with E-state index >= 15 is 0 Å². The van der Waals surface area contributed by atoms with Gasteiger partial charge >= 0.3 is 6.61 Å². The van der Waals surface area contributed by atoms with Crippen LogP contribution in [-0.4, -0.2) is 30.0 Å². The molecule has 1 heterocycles. The average Bonchev–Trinajstić information content (AvgIpc) is 2.55. The lowest BCUT2D eigenvalue weighted by molar-refractivity contribution is -0.136. The highest BCUT2D eigenvalue weighted by Gasteiger charge is 2.35. The van der Waals surface area contributed by atoms with Crippen molar-refractivity contribution in [1.29, 1.82) is 0 Å². The number of piperidine rings is 1. The number of carbonyl (C=O) groups is 1. The summed E-state index contributed by atoms with van der Waals surface area (Å²) in [6.45, 7) is -1.97. The molecule has 3 nitrogen and oxygen atoms in total. The molecule has 0 bridgehead atoms. The smallest absolute Gasteiger partial charge is 0.387 e. The lowest BCUT2D eigenvalue weighted by atomic mass is 9.78. The second kappa shape index (κ2) is 7.28. The molecule has 5 heteroatoms. The Bertz CT molecular complexity index is 530. The summed E-state index contributed by atoms with van der Waals surface area (Å²) in [4.78, 5) is 14.7. The SMILES string of the molecule is O=C(Cc1ccc(OC(F)F)cc1)N1CCCC2CCCCC21. The first-order valence-electron chi connectivity index (χ1n) is 8.46. The Morgan fingerprint density at radius 2 is 1.83 bits per heavy atom. The first kappa shape index (κ1) is 16.2. The van der Waals surface area contributed by atoms with E-state index in [2.05, 4.69) is 9.64 Å². The van der Waals surface area contributed by atoms with Gasteiger partial charge in [-0.05, 0) is 49.3 Å². The Kier molecular flexibility index (Phi) is 5.13. The number of benzene rings is 1. The zero-order valence-corrected chi connectivity index (χ0v) is 13.2. The Labute approximate surface area is 135 Å². The van der Waals surface area contributed by atoms with Crippen molar-refractivity contribution < 1.29 is 18.3 Å². The number of amides is 1. The molecule has 2 unspecified atom stereocenters. The van der Waals surface area contributed by atoms with Crippen molar-refractivity contribution in [2.75, 3.05) is 6.54 Å². The van der Waals surface area contributed by atoms with Crippen LogP contribution in [0.25, 0.3) is 0 Å². The van der Waals surface area contributed by atoms with E-state index in [0.717, 1.165) is 24.9 Å². The van der Waals surface area contributed by atoms with E-state index in [1.54, 1.807) is 12.1 Å². The molecular formula is C18H23F2NO2. The van der Waals surface area contributed by atoms with Gasteiger partial charge in [-0.2, -0.15) is 8.78 Å². The van der Waals surface area contributed by atoms with Crippen LogP contribution in [0, 0.1) is 5.92 Å². The third kappa shape index (κ3) is 4.01. The van der Waals surface area contributed by atoms with Crippen molar-refractivity contribution in [2.45, 2.75) is 57.6 Å². The van der Waals surface area contributed by atoms with Crippen LogP contribution < -0.4 is 4.74 Å². The maximum absolute atomic E-state index is 12.7. The highest BCUT2D eigenvalue weighted by Crippen LogP contribution is 2.35. The number of ether oxygens (including phenoxy) is 1. The molecule has 0 aromatic heterocycles. The highest BCUT2D eigenvalue weighted by atomic mass is 19.3. The summed E-state index contributed by atoms with van der Waals surface area (Å²) in [5, 5.41) is 0. The van der Waals surface area contributed by atoms with Crippen molar-refractivity contribution >= 4 is 5.91 Å². The lowest BCUT2D eigenvalue weighted by Gasteiger charge is -2.44. The van der Waals surface area contributed by atoms with Crippen LogP contribution in [-0.2, 0) is 11.2 Å². The Balaban J connectivity index is 1.61. The van der Waals surface area contributed by atoms with Crippen LogP contribution in [0.5, 0.6) is 5.75 Å². The zero-order chi connectivity index (χ0) is 16.2. The number of carbonyl (C=O) groups excluding carboxylic acids is 1. The van der Waals surface area contributed by atoms with E-state index in [-0.39, 0.29) is 11.7 Å². The number of alkyl halides is 2. The zero-order valence-electron chi connectivity index (χ0n) is 13.2. The maximum atomic E-state index is 12.7. The minimum Gasteiger partial charge on any atom is -0.435 e. The Morgan fingerprint density at radius 1 is 1.13 bits per heavy atom. The average molecular weight is 323 g/mol. The van der Waals surface area contributed by atoms with Crippen molar-refractivity contribution in [1.82, 2.24) is 4.90 Å². The van der Waals surface area contributed by atoms with Crippen LogP contribution in [0.2, 0.25) is 0 Å². The third-order valence-corrected chi connectivity index (χ3v) is 5.07.